The Labute approximate surface area is 121 Å². The molecule has 21 heavy (non-hydrogen) atoms. The number of nitrogens with zero attached hydrogens (tertiary/aromatic N) is 1. The van der Waals surface area contributed by atoms with E-state index in [0.29, 0.717) is 5.75 Å². The van der Waals surface area contributed by atoms with Gasteiger partial charge in [0.2, 0.25) is 0 Å². The van der Waals surface area contributed by atoms with Crippen LogP contribution in [0.25, 0.3) is 0 Å². The van der Waals surface area contributed by atoms with Crippen molar-refractivity contribution in [3.05, 3.63) is 28.3 Å². The van der Waals surface area contributed by atoms with Gasteiger partial charge in [-0.3, -0.25) is 14.9 Å². The molecule has 0 heterocycles. The molecule has 0 amide bonds. The normalized spacial score (nSPS) is 13.3. The van der Waals surface area contributed by atoms with E-state index < -0.39 is 16.4 Å². The molecule has 0 aliphatic rings. The quantitative estimate of drug-likeness (QED) is 0.551. The predicted octanol–water partition coefficient (Wildman–Crippen LogP) is 1.43. The van der Waals surface area contributed by atoms with E-state index in [1.54, 1.807) is 0 Å². The summed E-state index contributed by atoms with van der Waals surface area (Å²) in [6.07, 6.45) is 0.155. The molecule has 1 rings (SSSR count). The number of carbonyl (C=O) groups is 1. The molecule has 1 aromatic rings. The summed E-state index contributed by atoms with van der Waals surface area (Å²) in [5.41, 5.74) is -1.38. The third-order valence-corrected chi connectivity index (χ3v) is 3.25. The number of aliphatic carboxylic acids is 1. The molecule has 2 N–H and O–H groups in total. The Morgan fingerprint density at radius 1 is 1.52 bits per heavy atom. The maximum absolute atomic E-state index is 11.1. The zero-order valence-corrected chi connectivity index (χ0v) is 12.1. The van der Waals surface area contributed by atoms with E-state index in [-0.39, 0.29) is 24.5 Å². The summed E-state index contributed by atoms with van der Waals surface area (Å²) < 4.78 is 10.3. The number of nitro benzene ring substituents is 1. The van der Waals surface area contributed by atoms with E-state index in [1.165, 1.54) is 39.3 Å². The van der Waals surface area contributed by atoms with Gasteiger partial charge in [-0.2, -0.15) is 0 Å². The lowest BCUT2D eigenvalue weighted by atomic mass is 9.99. The Hall–Kier alpha value is -2.35. The fourth-order valence-corrected chi connectivity index (χ4v) is 1.59. The maximum atomic E-state index is 11.1. The minimum Gasteiger partial charge on any atom is -0.496 e. The largest absolute Gasteiger partial charge is 0.496 e. The number of hydrogen-bond acceptors (Lipinski definition) is 6. The summed E-state index contributed by atoms with van der Waals surface area (Å²) in [6, 6.07) is 4.22. The molecule has 116 valence electrons. The van der Waals surface area contributed by atoms with Crippen LogP contribution in [0.3, 0.4) is 0 Å². The van der Waals surface area contributed by atoms with E-state index in [0.717, 1.165) is 0 Å². The molecule has 1 unspecified atom stereocenters. The van der Waals surface area contributed by atoms with Gasteiger partial charge in [-0.05, 0) is 26.1 Å². The molecule has 0 fully saturated rings. The van der Waals surface area contributed by atoms with Gasteiger partial charge in [-0.1, -0.05) is 0 Å². The lowest BCUT2D eigenvalue weighted by Crippen LogP contribution is -2.48. The summed E-state index contributed by atoms with van der Waals surface area (Å²) >= 11 is 0. The number of nitrogens with one attached hydrogen (secondary N) is 1. The first-order chi connectivity index (χ1) is 9.84. The molecule has 0 aliphatic heterocycles. The van der Waals surface area contributed by atoms with Crippen molar-refractivity contribution in [3.63, 3.8) is 0 Å². The molecule has 0 spiro atoms. The van der Waals surface area contributed by atoms with Gasteiger partial charge >= 0.3 is 11.7 Å². The van der Waals surface area contributed by atoms with Gasteiger partial charge in [0.1, 0.15) is 11.3 Å². The SMILES string of the molecule is CNC(C)(CCOc1ccc(OC)cc1[N+](=O)[O-])C(=O)O. The molecule has 0 saturated carbocycles. The van der Waals surface area contributed by atoms with Gasteiger partial charge in [0, 0.05) is 6.42 Å². The average molecular weight is 298 g/mol. The Kier molecular flexibility index (Phi) is 5.48. The molecule has 0 radical (unpaired) electrons. The third-order valence-electron chi connectivity index (χ3n) is 3.25. The maximum Gasteiger partial charge on any atom is 0.323 e. The molecular weight excluding hydrogens is 280 g/mol. The smallest absolute Gasteiger partial charge is 0.323 e. The van der Waals surface area contributed by atoms with Crippen molar-refractivity contribution in [1.82, 2.24) is 5.32 Å². The lowest BCUT2D eigenvalue weighted by Gasteiger charge is -2.23. The third kappa shape index (κ3) is 4.06. The zero-order valence-electron chi connectivity index (χ0n) is 12.1. The predicted molar refractivity (Wildman–Crippen MR) is 74.9 cm³/mol. The number of methoxy groups -OCH3 is 1. The first-order valence-electron chi connectivity index (χ1n) is 6.21. The fraction of sp³-hybridized carbons (Fsp3) is 0.462. The van der Waals surface area contributed by atoms with Crippen molar-refractivity contribution in [2.45, 2.75) is 18.9 Å². The molecule has 8 heteroatoms. The Morgan fingerprint density at radius 2 is 2.19 bits per heavy atom. The summed E-state index contributed by atoms with van der Waals surface area (Å²) in [4.78, 5) is 21.5. The number of carboxylic acid groups (broad SMARTS) is 1. The van der Waals surface area contributed by atoms with Crippen molar-refractivity contribution in [2.75, 3.05) is 20.8 Å². The summed E-state index contributed by atoms with van der Waals surface area (Å²) in [6.45, 7) is 1.54. The van der Waals surface area contributed by atoms with E-state index in [1.807, 2.05) is 0 Å². The van der Waals surface area contributed by atoms with Crippen LogP contribution in [-0.2, 0) is 4.79 Å². The summed E-state index contributed by atoms with van der Waals surface area (Å²) in [5.74, 6) is -0.595. The second-order valence-corrected chi connectivity index (χ2v) is 4.58. The first kappa shape index (κ1) is 16.7. The Morgan fingerprint density at radius 3 is 2.67 bits per heavy atom. The van der Waals surface area contributed by atoms with Crippen molar-refractivity contribution >= 4 is 11.7 Å². The molecule has 0 bridgehead atoms. The zero-order chi connectivity index (χ0) is 16.0. The van der Waals surface area contributed by atoms with Gasteiger partial charge in [0.25, 0.3) is 0 Å². The monoisotopic (exact) mass is 298 g/mol. The van der Waals surface area contributed by atoms with E-state index in [2.05, 4.69) is 5.32 Å². The number of hydrogen-bond donors (Lipinski definition) is 2. The molecule has 0 saturated heterocycles. The van der Waals surface area contributed by atoms with Gasteiger partial charge in [0.15, 0.2) is 5.75 Å². The van der Waals surface area contributed by atoms with Crippen LogP contribution < -0.4 is 14.8 Å². The highest BCUT2D eigenvalue weighted by Gasteiger charge is 2.31. The minimum absolute atomic E-state index is 0.0246. The highest BCUT2D eigenvalue weighted by Crippen LogP contribution is 2.31. The Bertz CT molecular complexity index is 533. The second kappa shape index (κ2) is 6.89. The average Bonchev–Trinajstić information content (AvgIpc) is 2.46. The van der Waals surface area contributed by atoms with Crippen LogP contribution in [0.2, 0.25) is 0 Å². The van der Waals surface area contributed by atoms with Crippen LogP contribution in [0.4, 0.5) is 5.69 Å². The summed E-state index contributed by atoms with van der Waals surface area (Å²) in [7, 11) is 2.94. The molecule has 8 nitrogen and oxygen atoms in total. The van der Waals surface area contributed by atoms with Crippen molar-refractivity contribution in [2.24, 2.45) is 0 Å². The van der Waals surface area contributed by atoms with Crippen LogP contribution in [0.15, 0.2) is 18.2 Å². The van der Waals surface area contributed by atoms with Gasteiger partial charge in [0.05, 0.1) is 24.7 Å². The molecule has 0 aliphatic carbocycles. The van der Waals surface area contributed by atoms with Crippen molar-refractivity contribution in [1.29, 1.82) is 0 Å². The molecule has 1 aromatic carbocycles. The number of nitro groups is 1. The molecular formula is C13H18N2O6. The highest BCUT2D eigenvalue weighted by molar-refractivity contribution is 5.78. The topological polar surface area (TPSA) is 111 Å². The van der Waals surface area contributed by atoms with Crippen LogP contribution in [0, 0.1) is 10.1 Å². The van der Waals surface area contributed by atoms with Crippen LogP contribution in [0.1, 0.15) is 13.3 Å². The van der Waals surface area contributed by atoms with E-state index in [4.69, 9.17) is 14.6 Å². The number of benzene rings is 1. The second-order valence-electron chi connectivity index (χ2n) is 4.58. The number of ether oxygens (including phenoxy) is 2. The first-order valence-corrected chi connectivity index (χ1v) is 6.21. The number of rotatable bonds is 8. The summed E-state index contributed by atoms with van der Waals surface area (Å²) in [5, 5.41) is 22.8. The highest BCUT2D eigenvalue weighted by atomic mass is 16.6. The standard InChI is InChI=1S/C13H18N2O6/c1-13(14-2,12(16)17)6-7-21-11-5-4-9(20-3)8-10(11)15(18)19/h4-5,8,14H,6-7H2,1-3H3,(H,16,17). The number of likely N-dealkylation sites (N-methyl/N-ethyl adjacent to an activating group) is 1. The van der Waals surface area contributed by atoms with Crippen LogP contribution in [-0.4, -0.2) is 42.3 Å². The van der Waals surface area contributed by atoms with Gasteiger partial charge < -0.3 is 19.9 Å². The van der Waals surface area contributed by atoms with E-state index in [9.17, 15) is 14.9 Å². The Balaban J connectivity index is 2.80. The van der Waals surface area contributed by atoms with Crippen molar-refractivity contribution in [3.8, 4) is 11.5 Å². The molecule has 0 aromatic heterocycles. The minimum atomic E-state index is -1.15. The van der Waals surface area contributed by atoms with Crippen molar-refractivity contribution < 1.29 is 24.3 Å². The molecule has 1 atom stereocenters. The van der Waals surface area contributed by atoms with Gasteiger partial charge in [-0.25, -0.2) is 0 Å². The van der Waals surface area contributed by atoms with Gasteiger partial charge in [-0.15, -0.1) is 0 Å². The van der Waals surface area contributed by atoms with Crippen LogP contribution >= 0.6 is 0 Å². The van der Waals surface area contributed by atoms with E-state index >= 15 is 0 Å². The fourth-order valence-electron chi connectivity index (χ4n) is 1.59. The van der Waals surface area contributed by atoms with Crippen LogP contribution in [0.5, 0.6) is 11.5 Å². The number of carboxylic acids is 1. The lowest BCUT2D eigenvalue weighted by molar-refractivity contribution is -0.385.